The molecule has 1 heterocycles. The molecule has 28 heavy (non-hydrogen) atoms. The Morgan fingerprint density at radius 1 is 1.29 bits per heavy atom. The Balaban J connectivity index is 0.00000729. The Morgan fingerprint density at radius 3 is 2.29 bits per heavy atom. The summed E-state index contributed by atoms with van der Waals surface area (Å²) in [6.07, 6.45) is 5.50. The summed E-state index contributed by atoms with van der Waals surface area (Å²) >= 11 is 0. The molecule has 0 radical (unpaired) electrons. The van der Waals surface area contributed by atoms with Crippen LogP contribution in [0.1, 0.15) is 33.6 Å². The van der Waals surface area contributed by atoms with Gasteiger partial charge in [0.15, 0.2) is 5.96 Å². The van der Waals surface area contributed by atoms with Gasteiger partial charge in [-0.15, -0.1) is 37.1 Å². The van der Waals surface area contributed by atoms with Gasteiger partial charge < -0.3 is 15.0 Å². The van der Waals surface area contributed by atoms with Crippen LogP contribution in [-0.4, -0.2) is 74.1 Å². The molecule has 1 fully saturated rings. The molecular formula is C21H39IN4O2. The SMILES string of the molecule is C=CCN(CC=C)C(CNC(=NC)N1CCC(C(=O)OCC)CC1)C(C)C.I. The Labute approximate surface area is 188 Å². The number of hydrogen-bond donors (Lipinski definition) is 1. The van der Waals surface area contributed by atoms with Crippen LogP contribution in [0.4, 0.5) is 0 Å². The summed E-state index contributed by atoms with van der Waals surface area (Å²) in [6, 6.07) is 0.356. The molecule has 1 N–H and O–H groups in total. The molecule has 1 unspecified atom stereocenters. The lowest BCUT2D eigenvalue weighted by molar-refractivity contribution is -0.149. The topological polar surface area (TPSA) is 57.2 Å². The average molecular weight is 506 g/mol. The number of nitrogens with zero attached hydrogens (tertiary/aromatic N) is 3. The lowest BCUT2D eigenvalue weighted by Crippen LogP contribution is -2.52. The minimum Gasteiger partial charge on any atom is -0.466 e. The molecule has 1 aliphatic heterocycles. The van der Waals surface area contributed by atoms with E-state index < -0.39 is 0 Å². The van der Waals surface area contributed by atoms with Gasteiger partial charge >= 0.3 is 5.97 Å². The molecule has 6 nitrogen and oxygen atoms in total. The zero-order valence-electron chi connectivity index (χ0n) is 18.0. The summed E-state index contributed by atoms with van der Waals surface area (Å²) in [5.74, 6) is 1.34. The number of ether oxygens (including phenoxy) is 1. The molecule has 0 aromatic heterocycles. The van der Waals surface area contributed by atoms with Gasteiger partial charge in [0, 0.05) is 45.8 Å². The van der Waals surface area contributed by atoms with Gasteiger partial charge in [-0.25, -0.2) is 0 Å². The maximum Gasteiger partial charge on any atom is 0.309 e. The third-order valence-electron chi connectivity index (χ3n) is 5.06. The van der Waals surface area contributed by atoms with Crippen LogP contribution in [0.25, 0.3) is 0 Å². The lowest BCUT2D eigenvalue weighted by atomic mass is 9.97. The number of rotatable bonds is 10. The summed E-state index contributed by atoms with van der Waals surface area (Å²) in [5.41, 5.74) is 0. The Hall–Kier alpha value is -1.09. The van der Waals surface area contributed by atoms with E-state index in [2.05, 4.69) is 47.1 Å². The monoisotopic (exact) mass is 506 g/mol. The number of guanidine groups is 1. The van der Waals surface area contributed by atoms with Crippen LogP contribution in [0.3, 0.4) is 0 Å². The molecule has 1 rings (SSSR count). The quantitative estimate of drug-likeness (QED) is 0.162. The molecule has 162 valence electrons. The van der Waals surface area contributed by atoms with Crippen LogP contribution < -0.4 is 5.32 Å². The second-order valence-electron chi connectivity index (χ2n) is 7.28. The summed E-state index contributed by atoms with van der Waals surface area (Å²) in [6.45, 7) is 18.6. The number of piperidine rings is 1. The predicted octanol–water partition coefficient (Wildman–Crippen LogP) is 3.15. The van der Waals surface area contributed by atoms with E-state index >= 15 is 0 Å². The van der Waals surface area contributed by atoms with Crippen molar-refractivity contribution in [2.24, 2.45) is 16.8 Å². The number of nitrogens with one attached hydrogen (secondary N) is 1. The summed E-state index contributed by atoms with van der Waals surface area (Å²) in [5, 5.41) is 3.54. The largest absolute Gasteiger partial charge is 0.466 e. The van der Waals surface area contributed by atoms with E-state index in [1.807, 2.05) is 26.1 Å². The van der Waals surface area contributed by atoms with Gasteiger partial charge in [-0.1, -0.05) is 26.0 Å². The number of carbonyl (C=O) groups excluding carboxylic acids is 1. The molecule has 0 spiro atoms. The highest BCUT2D eigenvalue weighted by molar-refractivity contribution is 14.0. The van der Waals surface area contributed by atoms with E-state index in [0.717, 1.165) is 51.5 Å². The second-order valence-corrected chi connectivity index (χ2v) is 7.28. The number of halogens is 1. The summed E-state index contributed by atoms with van der Waals surface area (Å²) < 4.78 is 5.16. The van der Waals surface area contributed by atoms with Crippen LogP contribution in [0.15, 0.2) is 30.3 Å². The average Bonchev–Trinajstić information content (AvgIpc) is 2.65. The van der Waals surface area contributed by atoms with Crippen LogP contribution in [0.5, 0.6) is 0 Å². The molecular weight excluding hydrogens is 467 g/mol. The molecule has 0 bridgehead atoms. The van der Waals surface area contributed by atoms with E-state index in [1.165, 1.54) is 0 Å². The molecule has 1 atom stereocenters. The number of esters is 1. The van der Waals surface area contributed by atoms with Crippen LogP contribution >= 0.6 is 24.0 Å². The van der Waals surface area contributed by atoms with E-state index in [1.54, 1.807) is 0 Å². The van der Waals surface area contributed by atoms with Gasteiger partial charge in [0.05, 0.1) is 12.5 Å². The smallest absolute Gasteiger partial charge is 0.309 e. The molecule has 7 heteroatoms. The van der Waals surface area contributed by atoms with Crippen LogP contribution in [-0.2, 0) is 9.53 Å². The maximum atomic E-state index is 11.9. The second kappa shape index (κ2) is 14.8. The van der Waals surface area contributed by atoms with E-state index in [9.17, 15) is 4.79 Å². The van der Waals surface area contributed by atoms with Gasteiger partial charge in [-0.05, 0) is 25.7 Å². The maximum absolute atomic E-state index is 11.9. The highest BCUT2D eigenvalue weighted by Crippen LogP contribution is 2.19. The number of hydrogen-bond acceptors (Lipinski definition) is 4. The summed E-state index contributed by atoms with van der Waals surface area (Å²) in [4.78, 5) is 21.0. The van der Waals surface area contributed by atoms with Crippen molar-refractivity contribution in [3.8, 4) is 0 Å². The molecule has 0 saturated carbocycles. The fourth-order valence-corrected chi connectivity index (χ4v) is 3.58. The minimum atomic E-state index is -0.0653. The first kappa shape index (κ1) is 26.9. The zero-order chi connectivity index (χ0) is 20.2. The first-order valence-corrected chi connectivity index (χ1v) is 10.1. The minimum absolute atomic E-state index is 0. The fraction of sp³-hybridized carbons (Fsp3) is 0.714. The van der Waals surface area contributed by atoms with Crippen molar-refractivity contribution < 1.29 is 9.53 Å². The first-order chi connectivity index (χ1) is 13.0. The molecule has 1 saturated heterocycles. The Morgan fingerprint density at radius 2 is 1.86 bits per heavy atom. The standard InChI is InChI=1S/C21H38N4O2.HI/c1-7-12-24(13-8-2)19(17(4)5)16-23-21(22-6)25-14-10-18(11-15-25)20(26)27-9-3;/h7-8,17-19H,1-2,9-16H2,3-6H3,(H,22,23);1H. The molecule has 0 aromatic rings. The normalized spacial score (nSPS) is 16.5. The van der Waals surface area contributed by atoms with E-state index in [-0.39, 0.29) is 35.9 Å². The molecule has 0 aliphatic carbocycles. The van der Waals surface area contributed by atoms with Crippen molar-refractivity contribution in [2.45, 2.75) is 39.7 Å². The number of likely N-dealkylation sites (tertiary alicyclic amines) is 1. The fourth-order valence-electron chi connectivity index (χ4n) is 3.58. The van der Waals surface area contributed by atoms with Crippen molar-refractivity contribution in [1.29, 1.82) is 0 Å². The third-order valence-corrected chi connectivity index (χ3v) is 5.06. The Kier molecular flexibility index (Phi) is 14.3. The van der Waals surface area contributed by atoms with Crippen molar-refractivity contribution >= 4 is 35.9 Å². The van der Waals surface area contributed by atoms with Crippen LogP contribution in [0, 0.1) is 11.8 Å². The van der Waals surface area contributed by atoms with Crippen molar-refractivity contribution in [3.63, 3.8) is 0 Å². The lowest BCUT2D eigenvalue weighted by Gasteiger charge is -2.36. The van der Waals surface area contributed by atoms with E-state index in [0.29, 0.717) is 18.6 Å². The van der Waals surface area contributed by atoms with Gasteiger partial charge in [-0.3, -0.25) is 14.7 Å². The van der Waals surface area contributed by atoms with E-state index in [4.69, 9.17) is 4.74 Å². The number of aliphatic imine (C=N–C) groups is 1. The third kappa shape index (κ3) is 8.51. The van der Waals surface area contributed by atoms with Gasteiger partial charge in [-0.2, -0.15) is 0 Å². The molecule has 0 aromatic carbocycles. The number of carbonyl (C=O) groups is 1. The molecule has 0 amide bonds. The van der Waals surface area contributed by atoms with Gasteiger partial charge in [0.1, 0.15) is 0 Å². The van der Waals surface area contributed by atoms with Crippen LogP contribution in [0.2, 0.25) is 0 Å². The Bertz CT molecular complexity index is 493. The van der Waals surface area contributed by atoms with Crippen molar-refractivity contribution in [1.82, 2.24) is 15.1 Å². The zero-order valence-corrected chi connectivity index (χ0v) is 20.4. The predicted molar refractivity (Wildman–Crippen MR) is 128 cm³/mol. The highest BCUT2D eigenvalue weighted by Gasteiger charge is 2.28. The van der Waals surface area contributed by atoms with Gasteiger partial charge in [0.2, 0.25) is 0 Å². The summed E-state index contributed by atoms with van der Waals surface area (Å²) in [7, 11) is 1.81. The van der Waals surface area contributed by atoms with Gasteiger partial charge in [0.25, 0.3) is 0 Å². The van der Waals surface area contributed by atoms with Crippen molar-refractivity contribution in [2.75, 3.05) is 46.4 Å². The highest BCUT2D eigenvalue weighted by atomic mass is 127. The van der Waals surface area contributed by atoms with Crippen molar-refractivity contribution in [3.05, 3.63) is 25.3 Å². The molecule has 1 aliphatic rings. The first-order valence-electron chi connectivity index (χ1n) is 10.1.